The van der Waals surface area contributed by atoms with Gasteiger partial charge in [-0.3, -0.25) is 0 Å². The Morgan fingerprint density at radius 2 is 1.39 bits per heavy atom. The lowest BCUT2D eigenvalue weighted by atomic mass is 9.66. The van der Waals surface area contributed by atoms with Crippen LogP contribution in [0.15, 0.2) is 114 Å². The third-order valence-corrected chi connectivity index (χ3v) is 11.6. The molecule has 0 saturated carbocycles. The van der Waals surface area contributed by atoms with Gasteiger partial charge in [-0.15, -0.1) is 0 Å². The summed E-state index contributed by atoms with van der Waals surface area (Å²) in [5.74, 6) is 7.16. The summed E-state index contributed by atoms with van der Waals surface area (Å²) in [7, 11) is 0. The van der Waals surface area contributed by atoms with Crippen molar-refractivity contribution < 1.29 is 0 Å². The molecule has 0 radical (unpaired) electrons. The van der Waals surface area contributed by atoms with Gasteiger partial charge < -0.3 is 0 Å². The van der Waals surface area contributed by atoms with E-state index in [0.717, 1.165) is 6.42 Å². The summed E-state index contributed by atoms with van der Waals surface area (Å²) in [6.45, 7) is 14.0. The highest BCUT2D eigenvalue weighted by Gasteiger charge is 2.54. The number of aryl methyl sites for hydroxylation is 2. The van der Waals surface area contributed by atoms with Crippen LogP contribution < -0.4 is 0 Å². The zero-order chi connectivity index (χ0) is 31.5. The maximum atomic E-state index is 3.57. The van der Waals surface area contributed by atoms with E-state index in [2.05, 4.69) is 157 Å². The summed E-state index contributed by atoms with van der Waals surface area (Å²) in [5, 5.41) is 0. The number of fused-ring (bicyclic) bond motifs is 12. The third-order valence-electron chi connectivity index (χ3n) is 11.6. The summed E-state index contributed by atoms with van der Waals surface area (Å²) in [6, 6.07) is 37.4. The molecule has 0 aromatic heterocycles. The van der Waals surface area contributed by atoms with Crippen molar-refractivity contribution in [2.24, 2.45) is 0 Å². The molecule has 5 aromatic carbocycles. The Balaban J connectivity index is 1.34. The van der Waals surface area contributed by atoms with Crippen LogP contribution in [0.4, 0.5) is 0 Å². The van der Waals surface area contributed by atoms with Crippen molar-refractivity contribution in [3.05, 3.63) is 170 Å². The number of hydrogen-bond donors (Lipinski definition) is 0. The highest BCUT2D eigenvalue weighted by atomic mass is 14.6. The average molecular weight is 591 g/mol. The highest BCUT2D eigenvalue weighted by molar-refractivity contribution is 6.00. The molecule has 46 heavy (non-hydrogen) atoms. The molecule has 5 aromatic rings. The lowest BCUT2D eigenvalue weighted by Gasteiger charge is -2.35. The standard InChI is InChI=1S/C46H38/c1-27-24-29(3)43-36-18-13-17-32(30(4)31-22-23-34-33-15-8-11-19-37(33)45(5,6)40(34)26-31)44(36)46(41(43)25-27)38-20-12-9-16-35(38)42-28(2)14-7-10-21-39(42)46/h8-9,11-20,22-26,30H,21H2,1-6H3. The van der Waals surface area contributed by atoms with Crippen LogP contribution in [0.5, 0.6) is 0 Å². The van der Waals surface area contributed by atoms with Crippen LogP contribution in [0.3, 0.4) is 0 Å². The van der Waals surface area contributed by atoms with E-state index in [4.69, 9.17) is 0 Å². The van der Waals surface area contributed by atoms with Crippen LogP contribution in [-0.4, -0.2) is 0 Å². The molecule has 0 amide bonds. The minimum Gasteiger partial charge on any atom is -0.0940 e. The smallest absolute Gasteiger partial charge is 0.0700 e. The molecule has 1 spiro atoms. The molecule has 0 fully saturated rings. The Morgan fingerprint density at radius 3 is 2.22 bits per heavy atom. The fraction of sp³-hybridized carbons (Fsp3) is 0.217. The first-order chi connectivity index (χ1) is 22.2. The van der Waals surface area contributed by atoms with Crippen LogP contribution >= 0.6 is 0 Å². The minimum absolute atomic E-state index is 0.0284. The van der Waals surface area contributed by atoms with Gasteiger partial charge in [0, 0.05) is 17.8 Å². The first-order valence-electron chi connectivity index (χ1n) is 16.7. The van der Waals surface area contributed by atoms with E-state index in [9.17, 15) is 0 Å². The molecule has 2 unspecified atom stereocenters. The molecule has 9 rings (SSSR count). The fourth-order valence-corrected chi connectivity index (χ4v) is 9.66. The van der Waals surface area contributed by atoms with Gasteiger partial charge in [0.1, 0.15) is 0 Å². The molecule has 4 aliphatic carbocycles. The molecular formula is C46H38. The maximum Gasteiger partial charge on any atom is 0.0700 e. The van der Waals surface area contributed by atoms with Crippen molar-refractivity contribution in [1.82, 2.24) is 0 Å². The van der Waals surface area contributed by atoms with E-state index in [0.29, 0.717) is 0 Å². The Labute approximate surface area is 273 Å². The van der Waals surface area contributed by atoms with Crippen molar-refractivity contribution in [3.63, 3.8) is 0 Å². The van der Waals surface area contributed by atoms with Gasteiger partial charge in [-0.1, -0.05) is 135 Å². The van der Waals surface area contributed by atoms with E-state index in [1.807, 2.05) is 0 Å². The van der Waals surface area contributed by atoms with Gasteiger partial charge >= 0.3 is 0 Å². The van der Waals surface area contributed by atoms with Crippen LogP contribution in [-0.2, 0) is 10.8 Å². The second-order valence-electron chi connectivity index (χ2n) is 14.4. The molecular weight excluding hydrogens is 553 g/mol. The molecule has 2 atom stereocenters. The van der Waals surface area contributed by atoms with Gasteiger partial charge in [-0.05, 0) is 116 Å². The maximum absolute atomic E-state index is 3.57. The zero-order valence-corrected chi connectivity index (χ0v) is 27.6. The first-order valence-corrected chi connectivity index (χ1v) is 16.7. The van der Waals surface area contributed by atoms with E-state index in [1.54, 1.807) is 0 Å². The predicted molar refractivity (Wildman–Crippen MR) is 192 cm³/mol. The fourth-order valence-electron chi connectivity index (χ4n) is 9.66. The number of rotatable bonds is 2. The summed E-state index contributed by atoms with van der Waals surface area (Å²) < 4.78 is 0. The van der Waals surface area contributed by atoms with Gasteiger partial charge in [0.05, 0.1) is 5.41 Å². The molecule has 4 aliphatic rings. The summed E-state index contributed by atoms with van der Waals surface area (Å²) in [5.41, 5.74) is 23.2. The van der Waals surface area contributed by atoms with Crippen LogP contribution in [0.1, 0.15) is 95.7 Å². The average Bonchev–Trinajstić information content (AvgIpc) is 3.54. The topological polar surface area (TPSA) is 0 Å². The van der Waals surface area contributed by atoms with E-state index in [-0.39, 0.29) is 16.7 Å². The second kappa shape index (κ2) is 9.34. The molecule has 0 nitrogen and oxygen atoms in total. The Kier molecular flexibility index (Phi) is 5.57. The van der Waals surface area contributed by atoms with Crippen molar-refractivity contribution in [3.8, 4) is 34.1 Å². The first kappa shape index (κ1) is 27.5. The lowest BCUT2D eigenvalue weighted by Crippen LogP contribution is -2.29. The lowest BCUT2D eigenvalue weighted by molar-refractivity contribution is 0.658. The van der Waals surface area contributed by atoms with Crippen LogP contribution in [0.2, 0.25) is 0 Å². The van der Waals surface area contributed by atoms with E-state index >= 15 is 0 Å². The normalized spacial score (nSPS) is 19.7. The number of benzene rings is 5. The molecule has 222 valence electrons. The van der Waals surface area contributed by atoms with Gasteiger partial charge in [-0.25, -0.2) is 0 Å². The molecule has 0 heteroatoms. The monoisotopic (exact) mass is 590 g/mol. The second-order valence-corrected chi connectivity index (χ2v) is 14.4. The van der Waals surface area contributed by atoms with Crippen molar-refractivity contribution in [2.45, 2.75) is 64.7 Å². The quantitative estimate of drug-likeness (QED) is 0.179. The van der Waals surface area contributed by atoms with Crippen molar-refractivity contribution >= 4 is 5.57 Å². The summed E-state index contributed by atoms with van der Waals surface area (Å²) >= 11 is 0. The van der Waals surface area contributed by atoms with E-state index in [1.165, 1.54) is 94.6 Å². The zero-order valence-electron chi connectivity index (χ0n) is 27.6. The van der Waals surface area contributed by atoms with Crippen molar-refractivity contribution in [1.29, 1.82) is 0 Å². The van der Waals surface area contributed by atoms with Gasteiger partial charge in [-0.2, -0.15) is 0 Å². The van der Waals surface area contributed by atoms with Crippen LogP contribution in [0.25, 0.3) is 27.8 Å². The number of hydrogen-bond acceptors (Lipinski definition) is 0. The van der Waals surface area contributed by atoms with Crippen LogP contribution in [0, 0.1) is 25.7 Å². The Morgan fingerprint density at radius 1 is 0.674 bits per heavy atom. The molecule has 0 bridgehead atoms. The Bertz CT molecular complexity index is 2310. The largest absolute Gasteiger partial charge is 0.0940 e. The van der Waals surface area contributed by atoms with Gasteiger partial charge in [0.25, 0.3) is 0 Å². The molecule has 0 saturated heterocycles. The molecule has 0 aliphatic heterocycles. The SMILES string of the molecule is CC1=CC#CCC2=C1c1ccccc1C21c2cc(C)cc(C)c2-c2cccc(C(C)c3ccc4c(c3)C(C)(C)c3ccccc3-4)c21. The van der Waals surface area contributed by atoms with E-state index < -0.39 is 0 Å². The minimum atomic E-state index is -0.376. The summed E-state index contributed by atoms with van der Waals surface area (Å²) in [4.78, 5) is 0. The molecule has 0 N–H and O–H groups in total. The van der Waals surface area contributed by atoms with Gasteiger partial charge in [0.2, 0.25) is 0 Å². The third kappa shape index (κ3) is 3.31. The Hall–Kier alpha value is -4.86. The van der Waals surface area contributed by atoms with Gasteiger partial charge in [0.15, 0.2) is 0 Å². The van der Waals surface area contributed by atoms with Crippen molar-refractivity contribution in [2.75, 3.05) is 0 Å². The summed E-state index contributed by atoms with van der Waals surface area (Å²) in [6.07, 6.45) is 2.90. The highest BCUT2D eigenvalue weighted by Crippen LogP contribution is 2.65. The number of allylic oxidation sites excluding steroid dienone is 4. The predicted octanol–water partition coefficient (Wildman–Crippen LogP) is 11.2. The molecule has 0 heterocycles.